The molecular weight excluding hydrogens is 272 g/mol. The number of imidazole rings is 1. The van der Waals surface area contributed by atoms with Crippen molar-refractivity contribution in [1.29, 1.82) is 0 Å². The fourth-order valence-corrected chi connectivity index (χ4v) is 3.14. The van der Waals surface area contributed by atoms with Crippen LogP contribution in [0.1, 0.15) is 44.0 Å². The molecule has 7 nitrogen and oxygen atoms in total. The Morgan fingerprint density at radius 1 is 1.57 bits per heavy atom. The number of carboxylic acid groups (broad SMARTS) is 1. The third-order valence-corrected chi connectivity index (χ3v) is 4.80. The maximum atomic E-state index is 12.5. The molecule has 3 N–H and O–H groups in total. The number of carbonyl (C=O) groups is 2. The zero-order valence-corrected chi connectivity index (χ0v) is 12.1. The molecule has 1 aliphatic carbocycles. The van der Waals surface area contributed by atoms with Crippen molar-refractivity contribution < 1.29 is 14.7 Å². The molecule has 114 valence electrons. The SMILES string of the molecule is CCC1(NC(=O)N2Cc3[nH]cnc3CC2C(=O)O)CCC1. The highest BCUT2D eigenvalue weighted by atomic mass is 16.4. The lowest BCUT2D eigenvalue weighted by Gasteiger charge is -2.44. The smallest absolute Gasteiger partial charge is 0.326 e. The van der Waals surface area contributed by atoms with Crippen LogP contribution in [0.15, 0.2) is 6.33 Å². The number of hydrogen-bond acceptors (Lipinski definition) is 3. The number of hydrogen-bond donors (Lipinski definition) is 3. The quantitative estimate of drug-likeness (QED) is 0.781. The van der Waals surface area contributed by atoms with Crippen molar-refractivity contribution >= 4 is 12.0 Å². The summed E-state index contributed by atoms with van der Waals surface area (Å²) in [6, 6.07) is -1.14. The molecule has 2 amide bonds. The van der Waals surface area contributed by atoms with E-state index in [1.54, 1.807) is 6.33 Å². The van der Waals surface area contributed by atoms with Gasteiger partial charge in [0.15, 0.2) is 0 Å². The second-order valence-corrected chi connectivity index (χ2v) is 5.93. The van der Waals surface area contributed by atoms with Crippen molar-refractivity contribution in [2.45, 2.75) is 57.2 Å². The van der Waals surface area contributed by atoms with Gasteiger partial charge in [0, 0.05) is 12.0 Å². The Labute approximate surface area is 122 Å². The van der Waals surface area contributed by atoms with Crippen molar-refractivity contribution in [2.75, 3.05) is 0 Å². The second-order valence-electron chi connectivity index (χ2n) is 5.93. The van der Waals surface area contributed by atoms with Crippen LogP contribution < -0.4 is 5.32 Å². The standard InChI is InChI=1S/C14H20N4O3/c1-2-14(4-3-5-14)17-13(21)18-7-10-9(15-8-16-10)6-11(18)12(19)20/h8,11H,2-7H2,1H3,(H,15,16)(H,17,21)(H,19,20). The predicted molar refractivity (Wildman–Crippen MR) is 74.7 cm³/mol. The number of amides is 2. The van der Waals surface area contributed by atoms with E-state index in [0.29, 0.717) is 0 Å². The summed E-state index contributed by atoms with van der Waals surface area (Å²) in [6.07, 6.45) is 5.72. The van der Waals surface area contributed by atoms with E-state index in [0.717, 1.165) is 37.1 Å². The number of aliphatic carboxylic acids is 1. The summed E-state index contributed by atoms with van der Waals surface area (Å²) in [5.41, 5.74) is 1.41. The van der Waals surface area contributed by atoms with Crippen LogP contribution in [0.5, 0.6) is 0 Å². The highest BCUT2D eigenvalue weighted by Crippen LogP contribution is 2.35. The molecule has 7 heteroatoms. The number of fused-ring (bicyclic) bond motifs is 1. The molecule has 0 aromatic carbocycles. The van der Waals surface area contributed by atoms with Gasteiger partial charge in [-0.05, 0) is 25.7 Å². The fourth-order valence-electron chi connectivity index (χ4n) is 3.14. The van der Waals surface area contributed by atoms with Gasteiger partial charge in [-0.2, -0.15) is 0 Å². The van der Waals surface area contributed by atoms with Crippen LogP contribution in [-0.4, -0.2) is 43.6 Å². The molecule has 1 saturated carbocycles. The van der Waals surface area contributed by atoms with Crippen LogP contribution in [0.2, 0.25) is 0 Å². The molecule has 2 aliphatic rings. The van der Waals surface area contributed by atoms with Gasteiger partial charge in [0.25, 0.3) is 0 Å². The summed E-state index contributed by atoms with van der Waals surface area (Å²) in [5, 5.41) is 12.4. The van der Waals surface area contributed by atoms with Crippen LogP contribution in [0.4, 0.5) is 4.79 Å². The van der Waals surface area contributed by atoms with E-state index in [9.17, 15) is 14.7 Å². The van der Waals surface area contributed by atoms with Gasteiger partial charge in [0.2, 0.25) is 0 Å². The van der Waals surface area contributed by atoms with E-state index < -0.39 is 12.0 Å². The van der Waals surface area contributed by atoms with Gasteiger partial charge in [-0.25, -0.2) is 14.6 Å². The lowest BCUT2D eigenvalue weighted by atomic mass is 9.75. The van der Waals surface area contributed by atoms with Crippen molar-refractivity contribution in [3.8, 4) is 0 Å². The lowest BCUT2D eigenvalue weighted by Crippen LogP contribution is -2.60. The number of aromatic amines is 1. The zero-order chi connectivity index (χ0) is 15.0. The van der Waals surface area contributed by atoms with Crippen LogP contribution >= 0.6 is 0 Å². The first-order chi connectivity index (χ1) is 10.0. The minimum Gasteiger partial charge on any atom is -0.480 e. The second kappa shape index (κ2) is 5.05. The third-order valence-electron chi connectivity index (χ3n) is 4.80. The average molecular weight is 292 g/mol. The maximum absolute atomic E-state index is 12.5. The van der Waals surface area contributed by atoms with E-state index in [1.165, 1.54) is 4.90 Å². The Morgan fingerprint density at radius 2 is 2.33 bits per heavy atom. The monoisotopic (exact) mass is 292 g/mol. The normalized spacial score (nSPS) is 23.1. The van der Waals surface area contributed by atoms with Crippen LogP contribution in [0.25, 0.3) is 0 Å². The van der Waals surface area contributed by atoms with Crippen molar-refractivity contribution in [3.63, 3.8) is 0 Å². The van der Waals surface area contributed by atoms with E-state index in [-0.39, 0.29) is 24.5 Å². The largest absolute Gasteiger partial charge is 0.480 e. The average Bonchev–Trinajstić information content (AvgIpc) is 2.88. The van der Waals surface area contributed by atoms with E-state index >= 15 is 0 Å². The Balaban J connectivity index is 1.78. The first-order valence-electron chi connectivity index (χ1n) is 7.37. The molecule has 1 aromatic rings. The minimum atomic E-state index is -0.988. The summed E-state index contributed by atoms with van der Waals surface area (Å²) in [4.78, 5) is 32.5. The predicted octanol–water partition coefficient (Wildman–Crippen LogP) is 1.26. The number of carbonyl (C=O) groups excluding carboxylic acids is 1. The summed E-state index contributed by atoms with van der Waals surface area (Å²) in [6.45, 7) is 2.31. The van der Waals surface area contributed by atoms with Crippen LogP contribution in [-0.2, 0) is 17.8 Å². The molecule has 0 radical (unpaired) electrons. The molecule has 1 unspecified atom stereocenters. The lowest BCUT2D eigenvalue weighted by molar-refractivity contribution is -0.142. The summed E-state index contributed by atoms with van der Waals surface area (Å²) >= 11 is 0. The first kappa shape index (κ1) is 13.9. The number of aromatic nitrogens is 2. The molecule has 1 atom stereocenters. The Hall–Kier alpha value is -2.05. The number of urea groups is 1. The van der Waals surface area contributed by atoms with Gasteiger partial charge in [-0.1, -0.05) is 6.92 Å². The van der Waals surface area contributed by atoms with Crippen molar-refractivity contribution in [1.82, 2.24) is 20.2 Å². The molecule has 0 saturated heterocycles. The molecule has 3 rings (SSSR count). The molecule has 2 heterocycles. The molecule has 1 aliphatic heterocycles. The van der Waals surface area contributed by atoms with Crippen LogP contribution in [0, 0.1) is 0 Å². The van der Waals surface area contributed by atoms with E-state index in [1.807, 2.05) is 0 Å². The van der Waals surface area contributed by atoms with E-state index in [2.05, 4.69) is 22.2 Å². The molecule has 0 spiro atoms. The number of nitrogens with zero attached hydrogens (tertiary/aromatic N) is 2. The molecular formula is C14H20N4O3. The molecule has 1 aromatic heterocycles. The summed E-state index contributed by atoms with van der Waals surface area (Å²) < 4.78 is 0. The fraction of sp³-hybridized carbons (Fsp3) is 0.643. The number of carboxylic acids is 1. The molecule has 0 bridgehead atoms. The highest BCUT2D eigenvalue weighted by Gasteiger charge is 2.41. The summed E-state index contributed by atoms with van der Waals surface area (Å²) in [7, 11) is 0. The van der Waals surface area contributed by atoms with Gasteiger partial charge >= 0.3 is 12.0 Å². The van der Waals surface area contributed by atoms with Gasteiger partial charge < -0.3 is 20.3 Å². The maximum Gasteiger partial charge on any atom is 0.326 e. The van der Waals surface area contributed by atoms with Crippen LogP contribution in [0.3, 0.4) is 0 Å². The first-order valence-corrected chi connectivity index (χ1v) is 7.37. The van der Waals surface area contributed by atoms with E-state index in [4.69, 9.17) is 0 Å². The number of nitrogens with one attached hydrogen (secondary N) is 2. The Kier molecular flexibility index (Phi) is 3.35. The summed E-state index contributed by atoms with van der Waals surface area (Å²) in [5.74, 6) is -0.988. The highest BCUT2D eigenvalue weighted by molar-refractivity contribution is 5.83. The van der Waals surface area contributed by atoms with Gasteiger partial charge in [0.1, 0.15) is 6.04 Å². The van der Waals surface area contributed by atoms with Gasteiger partial charge in [-0.3, -0.25) is 0 Å². The zero-order valence-electron chi connectivity index (χ0n) is 12.1. The van der Waals surface area contributed by atoms with Crippen molar-refractivity contribution in [3.05, 3.63) is 17.7 Å². The van der Waals surface area contributed by atoms with Gasteiger partial charge in [-0.15, -0.1) is 0 Å². The Bertz CT molecular complexity index is 559. The van der Waals surface area contributed by atoms with Gasteiger partial charge in [0.05, 0.1) is 24.3 Å². The minimum absolute atomic E-state index is 0.144. The topological polar surface area (TPSA) is 98.3 Å². The van der Waals surface area contributed by atoms with Crippen molar-refractivity contribution in [2.24, 2.45) is 0 Å². The number of rotatable bonds is 3. The third kappa shape index (κ3) is 2.36. The number of H-pyrrole nitrogens is 1. The molecule has 1 fully saturated rings. The Morgan fingerprint density at radius 3 is 2.90 bits per heavy atom. The molecule has 21 heavy (non-hydrogen) atoms.